The molecule has 0 nitrogen and oxygen atoms in total. The van der Waals surface area contributed by atoms with Crippen LogP contribution in [-0.2, 0) is 6.42 Å². The van der Waals surface area contributed by atoms with Crippen molar-refractivity contribution in [1.82, 2.24) is 0 Å². The molecule has 0 saturated carbocycles. The average molecular weight is 367 g/mol. The SMILES string of the molecule is Cc1ccc(S(F)(F)(F)(F)CC(Cl)CCc2ccccc2)cc1. The fraction of sp³-hybridized carbons (Fsp3) is 0.294. The normalized spacial score (nSPS) is 16.4. The number of halogens is 5. The van der Waals surface area contributed by atoms with Crippen LogP contribution in [0.1, 0.15) is 17.5 Å². The van der Waals surface area contributed by atoms with Crippen LogP contribution in [-0.4, -0.2) is 11.1 Å². The van der Waals surface area contributed by atoms with Gasteiger partial charge in [-0.15, -0.1) is 27.1 Å². The van der Waals surface area contributed by atoms with Gasteiger partial charge >= 0.3 is 0 Å². The summed E-state index contributed by atoms with van der Waals surface area (Å²) in [5.74, 6) is -1.61. The van der Waals surface area contributed by atoms with Gasteiger partial charge in [-0.25, -0.2) is 0 Å². The second-order valence-corrected chi connectivity index (χ2v) is 9.74. The molecule has 0 bridgehead atoms. The zero-order chi connectivity index (χ0) is 17.2. The third-order valence-corrected chi connectivity index (χ3v) is 6.60. The maximum atomic E-state index is 14.3. The minimum atomic E-state index is -8.36. The molecule has 128 valence electrons. The molecule has 0 spiro atoms. The Morgan fingerprint density at radius 1 is 0.913 bits per heavy atom. The molecule has 0 heterocycles. The van der Waals surface area contributed by atoms with Gasteiger partial charge in [0.15, 0.2) is 9.84 Å². The van der Waals surface area contributed by atoms with Crippen molar-refractivity contribution >= 4 is 21.4 Å². The van der Waals surface area contributed by atoms with Crippen molar-refractivity contribution in [1.29, 1.82) is 0 Å². The summed E-state index contributed by atoms with van der Waals surface area (Å²) in [6.07, 6.45) is 0.454. The van der Waals surface area contributed by atoms with E-state index in [-0.39, 0.29) is 6.42 Å². The number of hydrogen-bond donors (Lipinski definition) is 0. The molecule has 0 saturated heterocycles. The second kappa shape index (κ2) is 5.71. The maximum Gasteiger partial charge on any atom is 0.188 e. The van der Waals surface area contributed by atoms with Gasteiger partial charge in [-0.2, -0.15) is 0 Å². The van der Waals surface area contributed by atoms with E-state index in [1.807, 2.05) is 18.2 Å². The van der Waals surface area contributed by atoms with E-state index >= 15 is 0 Å². The van der Waals surface area contributed by atoms with Gasteiger partial charge in [0, 0.05) is 5.38 Å². The maximum absolute atomic E-state index is 14.3. The predicted molar refractivity (Wildman–Crippen MR) is 90.7 cm³/mol. The first-order chi connectivity index (χ1) is 10.5. The highest BCUT2D eigenvalue weighted by Gasteiger charge is 2.64. The molecule has 1 unspecified atom stereocenters. The van der Waals surface area contributed by atoms with Gasteiger partial charge < -0.3 is 0 Å². The standard InChI is InChI=1S/C17H19ClF4S/c1-14-7-11-17(12-8-14)23(19,20,21,22)13-16(18)10-9-15-5-3-2-4-6-15/h2-8,11-12,16H,9-10,13H2,1H3. The first kappa shape index (κ1) is 18.1. The van der Waals surface area contributed by atoms with Crippen molar-refractivity contribution in [2.24, 2.45) is 0 Å². The highest BCUT2D eigenvalue weighted by Crippen LogP contribution is 3.00. The largest absolute Gasteiger partial charge is 0.188 e. The fourth-order valence-corrected chi connectivity index (χ4v) is 5.05. The minimum absolute atomic E-state index is 0.0686. The molecule has 0 radical (unpaired) electrons. The summed E-state index contributed by atoms with van der Waals surface area (Å²) in [4.78, 5) is -1.21. The van der Waals surface area contributed by atoms with Crippen LogP contribution in [0.3, 0.4) is 0 Å². The van der Waals surface area contributed by atoms with Crippen LogP contribution in [0, 0.1) is 6.92 Å². The fourth-order valence-electron chi connectivity index (χ4n) is 2.35. The Hall–Kier alpha value is -1.20. The van der Waals surface area contributed by atoms with Crippen molar-refractivity contribution < 1.29 is 15.5 Å². The molecule has 0 N–H and O–H groups in total. The molecule has 23 heavy (non-hydrogen) atoms. The first-order valence-electron chi connectivity index (χ1n) is 7.23. The minimum Gasteiger partial charge on any atom is -0.122 e. The van der Waals surface area contributed by atoms with Crippen molar-refractivity contribution in [3.8, 4) is 0 Å². The predicted octanol–water partition coefficient (Wildman–Crippen LogP) is 7.01. The Morgan fingerprint density at radius 2 is 1.48 bits per heavy atom. The van der Waals surface area contributed by atoms with Crippen LogP contribution in [0.5, 0.6) is 0 Å². The zero-order valence-corrected chi connectivity index (χ0v) is 14.3. The van der Waals surface area contributed by atoms with E-state index < -0.39 is 25.9 Å². The van der Waals surface area contributed by atoms with Gasteiger partial charge in [0.2, 0.25) is 0 Å². The Kier molecular flexibility index (Phi) is 4.50. The van der Waals surface area contributed by atoms with E-state index in [1.54, 1.807) is 19.1 Å². The summed E-state index contributed by atoms with van der Waals surface area (Å²) in [5.41, 5.74) is 1.53. The van der Waals surface area contributed by atoms with Gasteiger partial charge in [0.05, 0.1) is 10.6 Å². The van der Waals surface area contributed by atoms with Gasteiger partial charge in [-0.1, -0.05) is 48.0 Å². The highest BCUT2D eigenvalue weighted by atomic mass is 35.5. The van der Waals surface area contributed by atoms with E-state index in [4.69, 9.17) is 11.6 Å². The van der Waals surface area contributed by atoms with Crippen molar-refractivity contribution in [3.05, 3.63) is 65.7 Å². The van der Waals surface area contributed by atoms with Gasteiger partial charge in [0.25, 0.3) is 0 Å². The molecule has 0 aromatic heterocycles. The Labute approximate surface area is 138 Å². The Bertz CT molecular complexity index is 664. The van der Waals surface area contributed by atoms with Crippen LogP contribution >= 0.6 is 21.4 Å². The first-order valence-corrected chi connectivity index (χ1v) is 9.89. The van der Waals surface area contributed by atoms with E-state index in [0.717, 1.165) is 17.7 Å². The molecule has 2 aromatic rings. The number of benzene rings is 2. The number of aryl methyl sites for hydroxylation is 2. The summed E-state index contributed by atoms with van der Waals surface area (Å²) in [6.45, 7) is 1.65. The zero-order valence-electron chi connectivity index (χ0n) is 12.7. The molecule has 0 aliphatic heterocycles. The number of alkyl halides is 1. The van der Waals surface area contributed by atoms with E-state index in [2.05, 4.69) is 0 Å². The topological polar surface area (TPSA) is 0 Å². The van der Waals surface area contributed by atoms with Crippen molar-refractivity contribution in [2.45, 2.75) is 30.0 Å². The lowest BCUT2D eigenvalue weighted by atomic mass is 10.1. The summed E-state index contributed by atoms with van der Waals surface area (Å²) in [5, 5.41) is -1.30. The third kappa shape index (κ3) is 4.88. The van der Waals surface area contributed by atoms with Crippen LogP contribution in [0.2, 0.25) is 0 Å². The van der Waals surface area contributed by atoms with E-state index in [1.165, 1.54) is 12.1 Å². The lowest BCUT2D eigenvalue weighted by Gasteiger charge is -2.51. The van der Waals surface area contributed by atoms with Crippen LogP contribution in [0.25, 0.3) is 0 Å². The number of rotatable bonds is 6. The molecule has 1 atom stereocenters. The van der Waals surface area contributed by atoms with Gasteiger partial charge in [-0.3, -0.25) is 0 Å². The van der Waals surface area contributed by atoms with Crippen LogP contribution < -0.4 is 0 Å². The molecular formula is C17H19ClF4S. The summed E-state index contributed by atoms with van der Waals surface area (Å²) in [7, 11) is -8.36. The Morgan fingerprint density at radius 3 is 2.04 bits per heavy atom. The third-order valence-electron chi connectivity index (χ3n) is 3.65. The molecule has 6 heteroatoms. The molecular weight excluding hydrogens is 348 g/mol. The highest BCUT2D eigenvalue weighted by molar-refractivity contribution is 8.49. The molecule has 2 rings (SSSR count). The van der Waals surface area contributed by atoms with E-state index in [0.29, 0.717) is 12.0 Å². The smallest absolute Gasteiger partial charge is 0.122 e. The van der Waals surface area contributed by atoms with Gasteiger partial charge in [-0.05, 0) is 37.5 Å². The summed E-state index contributed by atoms with van der Waals surface area (Å²) >= 11 is 5.85. The summed E-state index contributed by atoms with van der Waals surface area (Å²) in [6, 6.07) is 13.2. The van der Waals surface area contributed by atoms with Crippen molar-refractivity contribution in [3.63, 3.8) is 0 Å². The molecule has 0 fully saturated rings. The van der Waals surface area contributed by atoms with Gasteiger partial charge in [0.1, 0.15) is 0 Å². The molecule has 0 aliphatic rings. The molecule has 0 aliphatic carbocycles. The lowest BCUT2D eigenvalue weighted by Crippen LogP contribution is -2.25. The summed E-state index contributed by atoms with van der Waals surface area (Å²) < 4.78 is 57.4. The number of hydrogen-bond acceptors (Lipinski definition) is 0. The quantitative estimate of drug-likeness (QED) is 0.381. The lowest BCUT2D eigenvalue weighted by molar-refractivity contribution is 0.440. The molecule has 2 aromatic carbocycles. The second-order valence-electron chi connectivity index (χ2n) is 5.84. The van der Waals surface area contributed by atoms with E-state index in [9.17, 15) is 15.5 Å². The van der Waals surface area contributed by atoms with Crippen LogP contribution in [0.4, 0.5) is 15.5 Å². The Balaban J connectivity index is 2.13. The van der Waals surface area contributed by atoms with Crippen molar-refractivity contribution in [2.75, 3.05) is 5.75 Å². The van der Waals surface area contributed by atoms with Crippen LogP contribution in [0.15, 0.2) is 59.5 Å². The average Bonchev–Trinajstić information content (AvgIpc) is 2.45. The monoisotopic (exact) mass is 366 g/mol. The molecule has 0 amide bonds.